The Labute approximate surface area is 128 Å². The van der Waals surface area contributed by atoms with E-state index in [0.717, 1.165) is 6.42 Å². The van der Waals surface area contributed by atoms with E-state index >= 15 is 0 Å². The number of aliphatic hydroxyl groups is 1. The summed E-state index contributed by atoms with van der Waals surface area (Å²) in [5.74, 6) is 0.501. The molecule has 1 N–H and O–H groups in total. The number of carbonyl (C=O) groups excluding carboxylic acids is 2. The van der Waals surface area contributed by atoms with Crippen LogP contribution in [0.4, 0.5) is 0 Å². The minimum Gasteiger partial charge on any atom is -0.387 e. The minimum atomic E-state index is -0.448. The molecular weight excluding hydrogens is 288 g/mol. The van der Waals surface area contributed by atoms with E-state index in [1.165, 1.54) is 10.4 Å². The molecule has 1 aliphatic heterocycles. The molecule has 21 heavy (non-hydrogen) atoms. The Bertz CT molecular complexity index is 549. The van der Waals surface area contributed by atoms with Crippen molar-refractivity contribution in [3.05, 3.63) is 21.9 Å². The Morgan fingerprint density at radius 2 is 1.95 bits per heavy atom. The van der Waals surface area contributed by atoms with Gasteiger partial charge in [0.15, 0.2) is 0 Å². The van der Waals surface area contributed by atoms with Crippen LogP contribution >= 0.6 is 11.3 Å². The van der Waals surface area contributed by atoms with Crippen molar-refractivity contribution < 1.29 is 14.7 Å². The van der Waals surface area contributed by atoms with Crippen molar-refractivity contribution >= 4 is 23.2 Å². The summed E-state index contributed by atoms with van der Waals surface area (Å²) >= 11 is 1.74. The third-order valence-electron chi connectivity index (χ3n) is 4.43. The molecule has 3 rings (SSSR count). The van der Waals surface area contributed by atoms with Gasteiger partial charge in [-0.2, -0.15) is 0 Å². The number of hydrogen-bond acceptors (Lipinski definition) is 4. The molecule has 2 atom stereocenters. The summed E-state index contributed by atoms with van der Waals surface area (Å²) in [5, 5.41) is 10.9. The van der Waals surface area contributed by atoms with Crippen molar-refractivity contribution in [1.82, 2.24) is 9.80 Å². The molecule has 1 aliphatic carbocycles. The summed E-state index contributed by atoms with van der Waals surface area (Å²) in [6.45, 7) is 3.87. The third kappa shape index (κ3) is 2.82. The van der Waals surface area contributed by atoms with Crippen molar-refractivity contribution in [3.8, 4) is 0 Å². The number of amides is 2. The van der Waals surface area contributed by atoms with E-state index in [-0.39, 0.29) is 17.7 Å². The summed E-state index contributed by atoms with van der Waals surface area (Å²) < 4.78 is 0. The molecule has 2 unspecified atom stereocenters. The molecule has 6 heteroatoms. The van der Waals surface area contributed by atoms with Crippen LogP contribution in [0.2, 0.25) is 0 Å². The van der Waals surface area contributed by atoms with Crippen LogP contribution in [0.1, 0.15) is 22.8 Å². The molecule has 5 nitrogen and oxygen atoms in total. The molecule has 1 saturated carbocycles. The maximum Gasteiger partial charge on any atom is 0.248 e. The second-order valence-electron chi connectivity index (χ2n) is 5.78. The topological polar surface area (TPSA) is 60.9 Å². The van der Waals surface area contributed by atoms with Gasteiger partial charge < -0.3 is 14.9 Å². The Balaban J connectivity index is 1.54. The fourth-order valence-corrected chi connectivity index (χ4v) is 4.14. The van der Waals surface area contributed by atoms with Gasteiger partial charge in [0.1, 0.15) is 6.61 Å². The third-order valence-corrected chi connectivity index (χ3v) is 5.58. The highest BCUT2D eigenvalue weighted by atomic mass is 32.1. The lowest BCUT2D eigenvalue weighted by Gasteiger charge is -2.34. The van der Waals surface area contributed by atoms with E-state index in [2.05, 4.69) is 18.4 Å². The van der Waals surface area contributed by atoms with Gasteiger partial charge in [-0.25, -0.2) is 0 Å². The minimum absolute atomic E-state index is 0.127. The first-order chi connectivity index (χ1) is 10.1. The highest BCUT2D eigenvalue weighted by Crippen LogP contribution is 2.51. The molecule has 1 aromatic rings. The standard InChI is InChI=1S/C15H20N2O3S/c1-10-2-7-21-14(10)11-8-12(11)15(20)17-5-3-16(4-6-17)13(19)9-18/h2,7,11-12,18H,3-6,8-9H2,1H3. The van der Waals surface area contributed by atoms with Crippen molar-refractivity contribution in [2.24, 2.45) is 5.92 Å². The van der Waals surface area contributed by atoms with E-state index in [1.807, 2.05) is 4.90 Å². The SMILES string of the molecule is Cc1ccsc1C1CC1C(=O)N1CCN(C(=O)CO)CC1. The van der Waals surface area contributed by atoms with E-state index in [9.17, 15) is 9.59 Å². The Morgan fingerprint density at radius 1 is 1.29 bits per heavy atom. The molecule has 114 valence electrons. The number of hydrogen-bond donors (Lipinski definition) is 1. The van der Waals surface area contributed by atoms with Crippen LogP contribution in [-0.2, 0) is 9.59 Å². The summed E-state index contributed by atoms with van der Waals surface area (Å²) in [6.07, 6.45) is 0.954. The molecule has 0 radical (unpaired) electrons. The van der Waals surface area contributed by atoms with Crippen LogP contribution < -0.4 is 0 Å². The summed E-state index contributed by atoms with van der Waals surface area (Å²) in [6, 6.07) is 2.11. The molecule has 2 amide bonds. The molecule has 2 heterocycles. The average Bonchev–Trinajstić information content (AvgIpc) is 3.20. The van der Waals surface area contributed by atoms with Gasteiger partial charge in [0, 0.05) is 42.9 Å². The highest BCUT2D eigenvalue weighted by Gasteiger charge is 2.47. The molecule has 1 saturated heterocycles. The van der Waals surface area contributed by atoms with E-state index < -0.39 is 6.61 Å². The molecule has 1 aromatic heterocycles. The lowest BCUT2D eigenvalue weighted by Crippen LogP contribution is -2.51. The monoisotopic (exact) mass is 308 g/mol. The molecule has 0 bridgehead atoms. The largest absolute Gasteiger partial charge is 0.387 e. The van der Waals surface area contributed by atoms with Crippen molar-refractivity contribution in [3.63, 3.8) is 0 Å². The van der Waals surface area contributed by atoms with Gasteiger partial charge in [-0.1, -0.05) is 0 Å². The second kappa shape index (κ2) is 5.77. The van der Waals surface area contributed by atoms with Crippen LogP contribution in [-0.4, -0.2) is 59.5 Å². The quantitative estimate of drug-likeness (QED) is 0.899. The van der Waals surface area contributed by atoms with E-state index in [1.54, 1.807) is 16.2 Å². The normalized spacial score (nSPS) is 25.0. The van der Waals surface area contributed by atoms with Crippen LogP contribution in [0.25, 0.3) is 0 Å². The van der Waals surface area contributed by atoms with Gasteiger partial charge in [0.05, 0.1) is 0 Å². The van der Waals surface area contributed by atoms with Crippen molar-refractivity contribution in [2.45, 2.75) is 19.3 Å². The van der Waals surface area contributed by atoms with E-state index in [4.69, 9.17) is 5.11 Å². The summed E-state index contributed by atoms with van der Waals surface area (Å²) in [7, 11) is 0. The number of rotatable bonds is 3. The molecule has 2 aliphatic rings. The van der Waals surface area contributed by atoms with Crippen LogP contribution in [0.5, 0.6) is 0 Å². The lowest BCUT2D eigenvalue weighted by atomic mass is 10.1. The first-order valence-electron chi connectivity index (χ1n) is 7.33. The van der Waals surface area contributed by atoms with Crippen LogP contribution in [0.3, 0.4) is 0 Å². The van der Waals surface area contributed by atoms with Crippen LogP contribution in [0, 0.1) is 12.8 Å². The predicted octanol–water partition coefficient (Wildman–Crippen LogP) is 0.823. The summed E-state index contributed by atoms with van der Waals surface area (Å²) in [4.78, 5) is 28.8. The summed E-state index contributed by atoms with van der Waals surface area (Å²) in [5.41, 5.74) is 1.29. The zero-order valence-electron chi connectivity index (χ0n) is 12.1. The van der Waals surface area contributed by atoms with Gasteiger partial charge >= 0.3 is 0 Å². The number of thiophene rings is 1. The van der Waals surface area contributed by atoms with Gasteiger partial charge in [-0.15, -0.1) is 11.3 Å². The van der Waals surface area contributed by atoms with Crippen LogP contribution in [0.15, 0.2) is 11.4 Å². The second-order valence-corrected chi connectivity index (χ2v) is 6.73. The maximum atomic E-state index is 12.5. The number of aliphatic hydroxyl groups excluding tert-OH is 1. The first-order valence-corrected chi connectivity index (χ1v) is 8.21. The average molecular weight is 308 g/mol. The first kappa shape index (κ1) is 14.5. The number of aryl methyl sites for hydroxylation is 1. The van der Waals surface area contributed by atoms with Crippen molar-refractivity contribution in [1.29, 1.82) is 0 Å². The Hall–Kier alpha value is -1.40. The predicted molar refractivity (Wildman–Crippen MR) is 80.1 cm³/mol. The molecule has 0 spiro atoms. The zero-order chi connectivity index (χ0) is 15.0. The fourth-order valence-electron chi connectivity index (χ4n) is 3.03. The van der Waals surface area contributed by atoms with E-state index in [0.29, 0.717) is 32.1 Å². The Kier molecular flexibility index (Phi) is 3.99. The van der Waals surface area contributed by atoms with Gasteiger partial charge in [-0.05, 0) is 30.4 Å². The van der Waals surface area contributed by atoms with Gasteiger partial charge in [-0.3, -0.25) is 9.59 Å². The zero-order valence-corrected chi connectivity index (χ0v) is 12.9. The fraction of sp³-hybridized carbons (Fsp3) is 0.600. The highest BCUT2D eigenvalue weighted by molar-refractivity contribution is 7.10. The smallest absolute Gasteiger partial charge is 0.248 e. The van der Waals surface area contributed by atoms with Gasteiger partial charge in [0.2, 0.25) is 11.8 Å². The molecule has 2 fully saturated rings. The van der Waals surface area contributed by atoms with Crippen molar-refractivity contribution in [2.75, 3.05) is 32.8 Å². The maximum absolute atomic E-state index is 12.5. The number of nitrogens with zero attached hydrogens (tertiary/aromatic N) is 2. The molecule has 0 aromatic carbocycles. The number of piperazine rings is 1. The number of carbonyl (C=O) groups is 2. The Morgan fingerprint density at radius 3 is 2.52 bits per heavy atom. The lowest BCUT2D eigenvalue weighted by molar-refractivity contribution is -0.141. The molecular formula is C15H20N2O3S. The van der Waals surface area contributed by atoms with Gasteiger partial charge in [0.25, 0.3) is 0 Å².